The van der Waals surface area contributed by atoms with Crippen LogP contribution in [0.15, 0.2) is 35.0 Å². The van der Waals surface area contributed by atoms with Crippen LogP contribution in [0.3, 0.4) is 0 Å². The zero-order chi connectivity index (χ0) is 10.5. The van der Waals surface area contributed by atoms with Crippen molar-refractivity contribution in [2.24, 2.45) is 0 Å². The van der Waals surface area contributed by atoms with Gasteiger partial charge in [-0.3, -0.25) is 4.98 Å². The fraction of sp³-hybridized carbons (Fsp3) is 0.333. The average Bonchev–Trinajstić information content (AvgIpc) is 2.76. The van der Waals surface area contributed by atoms with Crippen LogP contribution in [0.25, 0.3) is 0 Å². The van der Waals surface area contributed by atoms with Crippen molar-refractivity contribution in [3.8, 4) is 0 Å². The lowest BCUT2D eigenvalue weighted by atomic mass is 10.2. The van der Waals surface area contributed by atoms with Gasteiger partial charge in [0, 0.05) is 24.4 Å². The molecular formula is C12H14N2O. The van der Waals surface area contributed by atoms with E-state index in [9.17, 15) is 0 Å². The number of rotatable bonds is 4. The van der Waals surface area contributed by atoms with Gasteiger partial charge in [0.15, 0.2) is 0 Å². The maximum atomic E-state index is 5.20. The first kappa shape index (κ1) is 9.90. The molecule has 0 atom stereocenters. The molecule has 2 heterocycles. The Kier molecular flexibility index (Phi) is 3.12. The molecule has 15 heavy (non-hydrogen) atoms. The van der Waals surface area contributed by atoms with Gasteiger partial charge < -0.3 is 4.52 Å². The van der Waals surface area contributed by atoms with Crippen LogP contribution in [0.1, 0.15) is 24.1 Å². The Balaban J connectivity index is 1.93. The first-order chi connectivity index (χ1) is 7.38. The molecule has 0 aromatic carbocycles. The average molecular weight is 202 g/mol. The second-order valence-corrected chi connectivity index (χ2v) is 3.46. The first-order valence-electron chi connectivity index (χ1n) is 5.23. The van der Waals surface area contributed by atoms with E-state index in [4.69, 9.17) is 4.52 Å². The monoisotopic (exact) mass is 202 g/mol. The maximum absolute atomic E-state index is 5.20. The van der Waals surface area contributed by atoms with Crippen molar-refractivity contribution in [3.63, 3.8) is 0 Å². The van der Waals surface area contributed by atoms with Crippen LogP contribution in [-0.4, -0.2) is 10.1 Å². The predicted octanol–water partition coefficient (Wildman–Crippen LogP) is 2.42. The van der Waals surface area contributed by atoms with Gasteiger partial charge in [0.2, 0.25) is 0 Å². The minimum atomic E-state index is 0.865. The van der Waals surface area contributed by atoms with E-state index < -0.39 is 0 Å². The van der Waals surface area contributed by atoms with Gasteiger partial charge in [0.25, 0.3) is 0 Å². The number of hydrogen-bond donors (Lipinski definition) is 0. The Bertz CT molecular complexity index is 409. The van der Waals surface area contributed by atoms with E-state index >= 15 is 0 Å². The molecule has 0 amide bonds. The second-order valence-electron chi connectivity index (χ2n) is 3.46. The summed E-state index contributed by atoms with van der Waals surface area (Å²) in [5.74, 6) is 0.942. The highest BCUT2D eigenvalue weighted by Gasteiger charge is 2.02. The topological polar surface area (TPSA) is 38.9 Å². The Labute approximate surface area is 89.1 Å². The van der Waals surface area contributed by atoms with Crippen LogP contribution < -0.4 is 0 Å². The molecule has 2 aromatic heterocycles. The van der Waals surface area contributed by atoms with E-state index in [1.807, 2.05) is 30.5 Å². The lowest BCUT2D eigenvalue weighted by Gasteiger charge is -1.95. The third kappa shape index (κ3) is 2.65. The molecular weight excluding hydrogens is 188 g/mol. The number of nitrogens with zero attached hydrogens (tertiary/aromatic N) is 2. The van der Waals surface area contributed by atoms with Crippen LogP contribution in [0, 0.1) is 0 Å². The molecule has 0 fully saturated rings. The number of aromatic nitrogens is 2. The third-order valence-corrected chi connectivity index (χ3v) is 2.32. The molecule has 0 aliphatic heterocycles. The third-order valence-electron chi connectivity index (χ3n) is 2.32. The molecule has 0 aliphatic carbocycles. The minimum Gasteiger partial charge on any atom is -0.361 e. The molecule has 0 bridgehead atoms. The molecule has 0 saturated carbocycles. The molecule has 0 spiro atoms. The van der Waals surface area contributed by atoms with E-state index in [-0.39, 0.29) is 0 Å². The van der Waals surface area contributed by atoms with Gasteiger partial charge in [0.1, 0.15) is 5.76 Å². The molecule has 78 valence electrons. The highest BCUT2D eigenvalue weighted by molar-refractivity contribution is 5.09. The van der Waals surface area contributed by atoms with Crippen LogP contribution in [0.4, 0.5) is 0 Å². The molecule has 2 rings (SSSR count). The molecule has 2 aromatic rings. The van der Waals surface area contributed by atoms with Crippen LogP contribution >= 0.6 is 0 Å². The van der Waals surface area contributed by atoms with Crippen molar-refractivity contribution in [2.75, 3.05) is 0 Å². The fourth-order valence-corrected chi connectivity index (χ4v) is 1.44. The largest absolute Gasteiger partial charge is 0.361 e. The number of hydrogen-bond acceptors (Lipinski definition) is 3. The van der Waals surface area contributed by atoms with E-state index in [2.05, 4.69) is 17.1 Å². The standard InChI is InChI=1S/C12H14N2O/c1-2-10-9-12(15-14-10)7-6-11-5-3-4-8-13-11/h3-5,8-9H,2,6-7H2,1H3. The van der Waals surface area contributed by atoms with Crippen molar-refractivity contribution < 1.29 is 4.52 Å². The highest BCUT2D eigenvalue weighted by atomic mass is 16.5. The van der Waals surface area contributed by atoms with Crippen molar-refractivity contribution in [1.29, 1.82) is 0 Å². The highest BCUT2D eigenvalue weighted by Crippen LogP contribution is 2.07. The van der Waals surface area contributed by atoms with Gasteiger partial charge in [-0.2, -0.15) is 0 Å². The van der Waals surface area contributed by atoms with Crippen molar-refractivity contribution >= 4 is 0 Å². The van der Waals surface area contributed by atoms with Crippen LogP contribution in [0.2, 0.25) is 0 Å². The molecule has 0 N–H and O–H groups in total. The molecule has 0 unspecified atom stereocenters. The number of pyridine rings is 1. The quantitative estimate of drug-likeness (QED) is 0.764. The summed E-state index contributed by atoms with van der Waals surface area (Å²) in [6.07, 6.45) is 4.50. The SMILES string of the molecule is CCc1cc(CCc2ccccn2)on1. The van der Waals surface area contributed by atoms with Gasteiger partial charge in [-0.05, 0) is 25.0 Å². The van der Waals surface area contributed by atoms with Gasteiger partial charge in [-0.15, -0.1) is 0 Å². The van der Waals surface area contributed by atoms with Gasteiger partial charge in [0.05, 0.1) is 5.69 Å². The van der Waals surface area contributed by atoms with Crippen molar-refractivity contribution in [1.82, 2.24) is 10.1 Å². The summed E-state index contributed by atoms with van der Waals surface area (Å²) in [4.78, 5) is 4.26. The maximum Gasteiger partial charge on any atom is 0.137 e. The summed E-state index contributed by atoms with van der Waals surface area (Å²) in [5.41, 5.74) is 2.11. The second kappa shape index (κ2) is 4.73. The molecule has 3 heteroatoms. The summed E-state index contributed by atoms with van der Waals surface area (Å²) in [7, 11) is 0. The predicted molar refractivity (Wildman–Crippen MR) is 57.5 cm³/mol. The normalized spacial score (nSPS) is 10.5. The zero-order valence-electron chi connectivity index (χ0n) is 8.81. The van der Waals surface area contributed by atoms with Crippen LogP contribution in [-0.2, 0) is 19.3 Å². The Morgan fingerprint density at radius 3 is 2.80 bits per heavy atom. The van der Waals surface area contributed by atoms with E-state index in [0.29, 0.717) is 0 Å². The lowest BCUT2D eigenvalue weighted by Crippen LogP contribution is -1.92. The van der Waals surface area contributed by atoms with E-state index in [1.54, 1.807) is 0 Å². The molecule has 3 nitrogen and oxygen atoms in total. The summed E-state index contributed by atoms with van der Waals surface area (Å²) in [6, 6.07) is 7.97. The summed E-state index contributed by atoms with van der Waals surface area (Å²) >= 11 is 0. The molecule has 0 saturated heterocycles. The Hall–Kier alpha value is -1.64. The minimum absolute atomic E-state index is 0.865. The zero-order valence-corrected chi connectivity index (χ0v) is 8.81. The lowest BCUT2D eigenvalue weighted by molar-refractivity contribution is 0.377. The van der Waals surface area contributed by atoms with Gasteiger partial charge in [-0.1, -0.05) is 18.1 Å². The smallest absolute Gasteiger partial charge is 0.137 e. The molecule has 0 radical (unpaired) electrons. The summed E-state index contributed by atoms with van der Waals surface area (Å²) in [6.45, 7) is 2.07. The van der Waals surface area contributed by atoms with Gasteiger partial charge >= 0.3 is 0 Å². The summed E-state index contributed by atoms with van der Waals surface area (Å²) in [5, 5.41) is 3.95. The van der Waals surface area contributed by atoms with E-state index in [1.165, 1.54) is 0 Å². The Morgan fingerprint density at radius 2 is 2.13 bits per heavy atom. The van der Waals surface area contributed by atoms with Gasteiger partial charge in [-0.25, -0.2) is 0 Å². The van der Waals surface area contributed by atoms with Crippen molar-refractivity contribution in [3.05, 3.63) is 47.6 Å². The van der Waals surface area contributed by atoms with E-state index in [0.717, 1.165) is 36.4 Å². The summed E-state index contributed by atoms with van der Waals surface area (Å²) < 4.78 is 5.20. The first-order valence-corrected chi connectivity index (χ1v) is 5.23. The molecule has 0 aliphatic rings. The Morgan fingerprint density at radius 1 is 1.20 bits per heavy atom. The van der Waals surface area contributed by atoms with Crippen LogP contribution in [0.5, 0.6) is 0 Å². The fourth-order valence-electron chi connectivity index (χ4n) is 1.44. The van der Waals surface area contributed by atoms with Crippen molar-refractivity contribution in [2.45, 2.75) is 26.2 Å². The number of aryl methyl sites for hydroxylation is 3.